The van der Waals surface area contributed by atoms with Crippen LogP contribution in [0.15, 0.2) is 30.6 Å². The van der Waals surface area contributed by atoms with Crippen LogP contribution in [0.5, 0.6) is 0 Å². The molecule has 0 aliphatic carbocycles. The molecule has 3 nitrogen and oxygen atoms in total. The Hall–Kier alpha value is -1.52. The van der Waals surface area contributed by atoms with Crippen LogP contribution in [0, 0.1) is 12.7 Å². The summed E-state index contributed by atoms with van der Waals surface area (Å²) in [4.78, 5) is 8.09. The van der Waals surface area contributed by atoms with E-state index in [-0.39, 0.29) is 6.42 Å². The molecule has 18 heavy (non-hydrogen) atoms. The number of aryl methyl sites for hydroxylation is 1. The second kappa shape index (κ2) is 5.42. The van der Waals surface area contributed by atoms with E-state index < -0.39 is 11.9 Å². The lowest BCUT2D eigenvalue weighted by Crippen LogP contribution is -2.07. The standard InChI is InChI=1S/C13H12ClFN2O/c1-8-6-16-13(17-7-8)12(18)4-9-2-3-10(15)5-11(9)14/h2-3,5-7,12,18H,4H2,1H3. The van der Waals surface area contributed by atoms with E-state index in [9.17, 15) is 9.50 Å². The van der Waals surface area contributed by atoms with Gasteiger partial charge in [-0.1, -0.05) is 17.7 Å². The molecule has 1 N–H and O–H groups in total. The zero-order chi connectivity index (χ0) is 13.1. The van der Waals surface area contributed by atoms with Crippen molar-refractivity contribution in [1.29, 1.82) is 0 Å². The van der Waals surface area contributed by atoms with Gasteiger partial charge < -0.3 is 5.11 Å². The summed E-state index contributed by atoms with van der Waals surface area (Å²) < 4.78 is 12.9. The first kappa shape index (κ1) is 12.9. The van der Waals surface area contributed by atoms with Gasteiger partial charge in [0.05, 0.1) is 0 Å². The molecule has 5 heteroatoms. The van der Waals surface area contributed by atoms with E-state index in [0.29, 0.717) is 16.4 Å². The van der Waals surface area contributed by atoms with Crippen LogP contribution < -0.4 is 0 Å². The Kier molecular flexibility index (Phi) is 3.89. The van der Waals surface area contributed by atoms with Crippen molar-refractivity contribution in [2.75, 3.05) is 0 Å². The van der Waals surface area contributed by atoms with Crippen LogP contribution in [-0.2, 0) is 6.42 Å². The van der Waals surface area contributed by atoms with Gasteiger partial charge in [0, 0.05) is 23.8 Å². The maximum Gasteiger partial charge on any atom is 0.157 e. The average molecular weight is 267 g/mol. The normalized spacial score (nSPS) is 12.4. The molecule has 0 saturated carbocycles. The molecule has 0 saturated heterocycles. The maximum atomic E-state index is 12.9. The lowest BCUT2D eigenvalue weighted by Gasteiger charge is -2.10. The topological polar surface area (TPSA) is 46.0 Å². The number of hydrogen-bond acceptors (Lipinski definition) is 3. The van der Waals surface area contributed by atoms with Gasteiger partial charge in [0.1, 0.15) is 11.9 Å². The molecule has 2 rings (SSSR count). The highest BCUT2D eigenvalue weighted by atomic mass is 35.5. The molecule has 0 fully saturated rings. The SMILES string of the molecule is Cc1cnc(C(O)Cc2ccc(F)cc2Cl)nc1. The molecule has 0 spiro atoms. The van der Waals surface area contributed by atoms with Gasteiger partial charge in [0.25, 0.3) is 0 Å². The minimum Gasteiger partial charge on any atom is -0.385 e. The molecule has 1 aromatic heterocycles. The Morgan fingerprint density at radius 2 is 2.00 bits per heavy atom. The van der Waals surface area contributed by atoms with E-state index in [1.807, 2.05) is 6.92 Å². The van der Waals surface area contributed by atoms with Gasteiger partial charge in [-0.25, -0.2) is 14.4 Å². The molecule has 0 bridgehead atoms. The van der Waals surface area contributed by atoms with E-state index in [2.05, 4.69) is 9.97 Å². The first-order chi connectivity index (χ1) is 8.56. The van der Waals surface area contributed by atoms with Crippen molar-refractivity contribution < 1.29 is 9.50 Å². The number of benzene rings is 1. The molecular formula is C13H12ClFN2O. The summed E-state index contributed by atoms with van der Waals surface area (Å²) in [6.45, 7) is 1.87. The summed E-state index contributed by atoms with van der Waals surface area (Å²) in [6, 6.07) is 4.08. The van der Waals surface area contributed by atoms with Crippen molar-refractivity contribution in [3.8, 4) is 0 Å². The van der Waals surface area contributed by atoms with Crippen molar-refractivity contribution in [1.82, 2.24) is 9.97 Å². The summed E-state index contributed by atoms with van der Waals surface area (Å²) in [5.74, 6) is -0.0641. The van der Waals surface area contributed by atoms with Crippen LogP contribution in [-0.4, -0.2) is 15.1 Å². The van der Waals surface area contributed by atoms with E-state index in [1.54, 1.807) is 18.5 Å². The summed E-state index contributed by atoms with van der Waals surface area (Å²) >= 11 is 5.89. The summed E-state index contributed by atoms with van der Waals surface area (Å²) in [5.41, 5.74) is 1.58. The molecule has 0 aliphatic heterocycles. The van der Waals surface area contributed by atoms with Gasteiger partial charge in [-0.2, -0.15) is 0 Å². The zero-order valence-electron chi connectivity index (χ0n) is 9.77. The molecule has 94 valence electrons. The lowest BCUT2D eigenvalue weighted by molar-refractivity contribution is 0.168. The number of aromatic nitrogens is 2. The molecule has 2 aromatic rings. The average Bonchev–Trinajstić information content (AvgIpc) is 2.33. The highest BCUT2D eigenvalue weighted by Gasteiger charge is 2.13. The first-order valence-corrected chi connectivity index (χ1v) is 5.84. The maximum absolute atomic E-state index is 12.9. The van der Waals surface area contributed by atoms with Crippen molar-refractivity contribution in [3.63, 3.8) is 0 Å². The third kappa shape index (κ3) is 3.03. The van der Waals surface area contributed by atoms with Gasteiger partial charge in [-0.3, -0.25) is 0 Å². The quantitative estimate of drug-likeness (QED) is 0.929. The van der Waals surface area contributed by atoms with Crippen molar-refractivity contribution in [2.24, 2.45) is 0 Å². The van der Waals surface area contributed by atoms with Gasteiger partial charge in [0.15, 0.2) is 5.82 Å². The van der Waals surface area contributed by atoms with Crippen molar-refractivity contribution in [3.05, 3.63) is 58.4 Å². The van der Waals surface area contributed by atoms with Crippen molar-refractivity contribution in [2.45, 2.75) is 19.4 Å². The smallest absolute Gasteiger partial charge is 0.157 e. The largest absolute Gasteiger partial charge is 0.385 e. The molecule has 0 radical (unpaired) electrons. The second-order valence-electron chi connectivity index (χ2n) is 4.07. The highest BCUT2D eigenvalue weighted by Crippen LogP contribution is 2.22. The number of rotatable bonds is 3. The predicted molar refractivity (Wildman–Crippen MR) is 66.8 cm³/mol. The Bertz CT molecular complexity index is 545. The van der Waals surface area contributed by atoms with E-state index in [4.69, 9.17) is 11.6 Å². The fourth-order valence-corrected chi connectivity index (χ4v) is 1.81. The summed E-state index contributed by atoms with van der Waals surface area (Å²) in [7, 11) is 0. The lowest BCUT2D eigenvalue weighted by atomic mass is 10.1. The first-order valence-electron chi connectivity index (χ1n) is 5.47. The molecule has 1 aromatic carbocycles. The fraction of sp³-hybridized carbons (Fsp3) is 0.231. The predicted octanol–water partition coefficient (Wildman–Crippen LogP) is 2.85. The van der Waals surface area contributed by atoms with Gasteiger partial charge >= 0.3 is 0 Å². The van der Waals surface area contributed by atoms with Crippen LogP contribution in [0.4, 0.5) is 4.39 Å². The van der Waals surface area contributed by atoms with Crippen LogP contribution in [0.1, 0.15) is 23.1 Å². The summed E-state index contributed by atoms with van der Waals surface area (Å²) in [5, 5.41) is 10.3. The Labute approximate surface area is 109 Å². The Balaban J connectivity index is 2.15. The van der Waals surface area contributed by atoms with E-state index >= 15 is 0 Å². The fourth-order valence-electron chi connectivity index (χ4n) is 1.56. The molecule has 1 heterocycles. The number of aliphatic hydroxyl groups is 1. The number of hydrogen-bond donors (Lipinski definition) is 1. The van der Waals surface area contributed by atoms with Gasteiger partial charge in [-0.15, -0.1) is 0 Å². The van der Waals surface area contributed by atoms with Crippen LogP contribution in [0.3, 0.4) is 0 Å². The number of aliphatic hydroxyl groups excluding tert-OH is 1. The molecule has 1 atom stereocenters. The van der Waals surface area contributed by atoms with E-state index in [1.165, 1.54) is 12.1 Å². The zero-order valence-corrected chi connectivity index (χ0v) is 10.5. The van der Waals surface area contributed by atoms with Gasteiger partial charge in [-0.05, 0) is 30.2 Å². The molecule has 0 amide bonds. The minimum absolute atomic E-state index is 0.252. The van der Waals surface area contributed by atoms with Crippen LogP contribution in [0.2, 0.25) is 5.02 Å². The number of halogens is 2. The van der Waals surface area contributed by atoms with Gasteiger partial charge in [0.2, 0.25) is 0 Å². The second-order valence-corrected chi connectivity index (χ2v) is 4.48. The van der Waals surface area contributed by atoms with Crippen LogP contribution >= 0.6 is 11.6 Å². The summed E-state index contributed by atoms with van der Waals surface area (Å²) in [6.07, 6.45) is 2.67. The molecule has 1 unspecified atom stereocenters. The Morgan fingerprint density at radius 1 is 1.33 bits per heavy atom. The third-order valence-electron chi connectivity index (χ3n) is 2.53. The third-order valence-corrected chi connectivity index (χ3v) is 2.88. The van der Waals surface area contributed by atoms with Crippen LogP contribution in [0.25, 0.3) is 0 Å². The Morgan fingerprint density at radius 3 is 2.61 bits per heavy atom. The molecule has 0 aliphatic rings. The highest BCUT2D eigenvalue weighted by molar-refractivity contribution is 6.31. The van der Waals surface area contributed by atoms with Crippen molar-refractivity contribution >= 4 is 11.6 Å². The number of nitrogens with zero attached hydrogens (tertiary/aromatic N) is 2. The molecular weight excluding hydrogens is 255 g/mol. The minimum atomic E-state index is -0.853. The monoisotopic (exact) mass is 266 g/mol. The van der Waals surface area contributed by atoms with E-state index in [0.717, 1.165) is 5.56 Å².